The minimum Gasteiger partial charge on any atom is -0.328 e. The molecule has 0 saturated carbocycles. The van der Waals surface area contributed by atoms with E-state index in [1.165, 1.54) is 17.5 Å². The fraction of sp³-hybridized carbons (Fsp3) is 0.550. The maximum atomic E-state index is 4.66. The molecule has 0 bridgehead atoms. The highest BCUT2D eigenvalue weighted by Crippen LogP contribution is 2.41. The number of aromatic nitrogens is 2. The van der Waals surface area contributed by atoms with Gasteiger partial charge in [0.1, 0.15) is 5.82 Å². The normalized spacial score (nSPS) is 15.8. The Morgan fingerprint density at radius 3 is 2.41 bits per heavy atom. The summed E-state index contributed by atoms with van der Waals surface area (Å²) in [5.74, 6) is 1.73. The number of nitrogens with zero attached hydrogens (tertiary/aromatic N) is 2. The van der Waals surface area contributed by atoms with E-state index >= 15 is 0 Å². The minimum absolute atomic E-state index is 0.180. The Hall–Kier alpha value is -1.57. The van der Waals surface area contributed by atoms with Crippen LogP contribution in [0.4, 0.5) is 0 Å². The van der Waals surface area contributed by atoms with Crippen molar-refractivity contribution in [3.63, 3.8) is 0 Å². The quantitative estimate of drug-likeness (QED) is 0.654. The average molecular weight is 298 g/mol. The summed E-state index contributed by atoms with van der Waals surface area (Å²) < 4.78 is 2.27. The molecule has 120 valence electrons. The predicted molar refractivity (Wildman–Crippen MR) is 95.1 cm³/mol. The van der Waals surface area contributed by atoms with E-state index in [9.17, 15) is 0 Å². The summed E-state index contributed by atoms with van der Waals surface area (Å²) in [4.78, 5) is 4.66. The van der Waals surface area contributed by atoms with Crippen molar-refractivity contribution in [1.82, 2.24) is 9.55 Å². The van der Waals surface area contributed by atoms with Crippen molar-refractivity contribution in [2.75, 3.05) is 0 Å². The second kappa shape index (κ2) is 6.68. The van der Waals surface area contributed by atoms with Gasteiger partial charge in [-0.1, -0.05) is 58.4 Å². The zero-order valence-electron chi connectivity index (χ0n) is 14.9. The Labute approximate surface area is 135 Å². The highest BCUT2D eigenvalue weighted by Gasteiger charge is 2.33. The number of benzene rings is 1. The summed E-state index contributed by atoms with van der Waals surface area (Å²) >= 11 is 0. The van der Waals surface area contributed by atoms with E-state index in [1.807, 2.05) is 6.20 Å². The molecule has 0 N–H and O–H groups in total. The molecule has 0 radical (unpaired) electrons. The molecule has 2 heteroatoms. The van der Waals surface area contributed by atoms with Gasteiger partial charge in [-0.05, 0) is 37.2 Å². The SMILES string of the molecule is CCC(C)C(C)(CC)c1ccccc1-c1nccn1C(C)C. The first-order chi connectivity index (χ1) is 10.5. The zero-order valence-corrected chi connectivity index (χ0v) is 14.9. The van der Waals surface area contributed by atoms with E-state index in [4.69, 9.17) is 0 Å². The van der Waals surface area contributed by atoms with Crippen molar-refractivity contribution in [1.29, 1.82) is 0 Å². The Bertz CT molecular complexity index is 612. The second-order valence-corrected chi connectivity index (χ2v) is 6.88. The van der Waals surface area contributed by atoms with Gasteiger partial charge in [0.15, 0.2) is 0 Å². The third-order valence-electron chi connectivity index (χ3n) is 5.44. The van der Waals surface area contributed by atoms with E-state index < -0.39 is 0 Å². The maximum absolute atomic E-state index is 4.66. The zero-order chi connectivity index (χ0) is 16.3. The maximum Gasteiger partial charge on any atom is 0.140 e. The largest absolute Gasteiger partial charge is 0.328 e. The summed E-state index contributed by atoms with van der Waals surface area (Å²) in [6.07, 6.45) is 6.33. The van der Waals surface area contributed by atoms with E-state index in [0.717, 1.165) is 12.2 Å². The lowest BCUT2D eigenvalue weighted by atomic mass is 9.68. The van der Waals surface area contributed by atoms with Crippen LogP contribution in [0, 0.1) is 5.92 Å². The van der Waals surface area contributed by atoms with E-state index in [1.54, 1.807) is 0 Å². The van der Waals surface area contributed by atoms with Gasteiger partial charge < -0.3 is 4.57 Å². The van der Waals surface area contributed by atoms with Crippen molar-refractivity contribution < 1.29 is 0 Å². The van der Waals surface area contributed by atoms with Gasteiger partial charge in [0.2, 0.25) is 0 Å². The molecule has 2 nitrogen and oxygen atoms in total. The minimum atomic E-state index is 0.180. The van der Waals surface area contributed by atoms with Gasteiger partial charge in [0.05, 0.1) is 0 Å². The second-order valence-electron chi connectivity index (χ2n) is 6.88. The van der Waals surface area contributed by atoms with Gasteiger partial charge in [-0.25, -0.2) is 4.98 Å². The van der Waals surface area contributed by atoms with Crippen LogP contribution in [0.25, 0.3) is 11.4 Å². The average Bonchev–Trinajstić information content (AvgIpc) is 3.03. The van der Waals surface area contributed by atoms with Crippen LogP contribution in [0.3, 0.4) is 0 Å². The molecule has 1 heterocycles. The molecule has 2 aromatic rings. The van der Waals surface area contributed by atoms with E-state index in [-0.39, 0.29) is 5.41 Å². The van der Waals surface area contributed by atoms with Crippen LogP contribution in [0.2, 0.25) is 0 Å². The summed E-state index contributed by atoms with van der Waals surface area (Å²) in [6, 6.07) is 9.24. The summed E-state index contributed by atoms with van der Waals surface area (Å²) in [6.45, 7) is 13.8. The van der Waals surface area contributed by atoms with Crippen LogP contribution in [0.15, 0.2) is 36.7 Å². The van der Waals surface area contributed by atoms with Crippen molar-refractivity contribution in [3.8, 4) is 11.4 Å². The molecule has 2 atom stereocenters. The highest BCUT2D eigenvalue weighted by molar-refractivity contribution is 5.63. The summed E-state index contributed by atoms with van der Waals surface area (Å²) in [7, 11) is 0. The fourth-order valence-electron chi connectivity index (χ4n) is 3.37. The lowest BCUT2D eigenvalue weighted by Crippen LogP contribution is -2.30. The Kier molecular flexibility index (Phi) is 5.10. The molecule has 1 aromatic heterocycles. The molecule has 2 unspecified atom stereocenters. The number of rotatable bonds is 6. The molecule has 22 heavy (non-hydrogen) atoms. The van der Waals surface area contributed by atoms with Gasteiger partial charge in [-0.15, -0.1) is 0 Å². The van der Waals surface area contributed by atoms with Crippen LogP contribution in [-0.4, -0.2) is 9.55 Å². The summed E-state index contributed by atoms with van der Waals surface area (Å²) in [5, 5.41) is 0. The van der Waals surface area contributed by atoms with Crippen LogP contribution < -0.4 is 0 Å². The third-order valence-corrected chi connectivity index (χ3v) is 5.44. The van der Waals surface area contributed by atoms with Gasteiger partial charge >= 0.3 is 0 Å². The molecule has 0 aliphatic carbocycles. The number of imidazole rings is 1. The molecule has 0 aliphatic rings. The lowest BCUT2D eigenvalue weighted by Gasteiger charge is -2.36. The topological polar surface area (TPSA) is 17.8 Å². The van der Waals surface area contributed by atoms with E-state index in [0.29, 0.717) is 12.0 Å². The lowest BCUT2D eigenvalue weighted by molar-refractivity contribution is 0.296. The molecular weight excluding hydrogens is 268 g/mol. The smallest absolute Gasteiger partial charge is 0.140 e. The van der Waals surface area contributed by atoms with E-state index in [2.05, 4.69) is 81.6 Å². The molecule has 1 aromatic carbocycles. The molecular formula is C20H30N2. The molecule has 2 rings (SSSR count). The molecule has 0 amide bonds. The van der Waals surface area contributed by atoms with Gasteiger partial charge in [-0.3, -0.25) is 0 Å². The number of hydrogen-bond donors (Lipinski definition) is 0. The van der Waals surface area contributed by atoms with Crippen molar-refractivity contribution in [2.45, 2.75) is 65.8 Å². The predicted octanol–water partition coefficient (Wildman–Crippen LogP) is 5.84. The first-order valence-electron chi connectivity index (χ1n) is 8.58. The first kappa shape index (κ1) is 16.8. The third kappa shape index (κ3) is 2.84. The standard InChI is InChI=1S/C20H30N2/c1-7-16(5)20(6,8-2)18-12-10-9-11-17(18)19-21-13-14-22(19)15(3)4/h9-16H,7-8H2,1-6H3. The van der Waals surface area contributed by atoms with Gasteiger partial charge in [-0.2, -0.15) is 0 Å². The van der Waals surface area contributed by atoms with Crippen LogP contribution in [-0.2, 0) is 5.41 Å². The van der Waals surface area contributed by atoms with Gasteiger partial charge in [0.25, 0.3) is 0 Å². The van der Waals surface area contributed by atoms with Crippen LogP contribution in [0.1, 0.15) is 66.0 Å². The van der Waals surface area contributed by atoms with Gasteiger partial charge in [0, 0.05) is 24.0 Å². The Morgan fingerprint density at radius 2 is 1.82 bits per heavy atom. The molecule has 0 spiro atoms. The van der Waals surface area contributed by atoms with Crippen LogP contribution in [0.5, 0.6) is 0 Å². The fourth-order valence-corrected chi connectivity index (χ4v) is 3.37. The molecule has 0 saturated heterocycles. The highest BCUT2D eigenvalue weighted by atomic mass is 15.1. The summed E-state index contributed by atoms with van der Waals surface area (Å²) in [5.41, 5.74) is 2.89. The van der Waals surface area contributed by atoms with Crippen molar-refractivity contribution >= 4 is 0 Å². The molecule has 0 aliphatic heterocycles. The Balaban J connectivity index is 2.63. The van der Waals surface area contributed by atoms with Crippen LogP contribution >= 0.6 is 0 Å². The Morgan fingerprint density at radius 1 is 1.14 bits per heavy atom. The number of hydrogen-bond acceptors (Lipinski definition) is 1. The first-order valence-corrected chi connectivity index (χ1v) is 8.58. The monoisotopic (exact) mass is 298 g/mol. The molecule has 0 fully saturated rings. The van der Waals surface area contributed by atoms with Crippen molar-refractivity contribution in [3.05, 3.63) is 42.2 Å². The van der Waals surface area contributed by atoms with Crippen molar-refractivity contribution in [2.24, 2.45) is 5.92 Å².